The van der Waals surface area contributed by atoms with Gasteiger partial charge in [-0.05, 0) is 38.2 Å². The fourth-order valence-electron chi connectivity index (χ4n) is 3.91. The van der Waals surface area contributed by atoms with Crippen molar-refractivity contribution in [3.05, 3.63) is 36.7 Å². The Kier molecular flexibility index (Phi) is 6.68. The van der Waals surface area contributed by atoms with Crippen LogP contribution in [0.4, 0.5) is 0 Å². The van der Waals surface area contributed by atoms with E-state index < -0.39 is 10.0 Å². The molecule has 0 atom stereocenters. The van der Waals surface area contributed by atoms with E-state index in [-0.39, 0.29) is 4.90 Å². The van der Waals surface area contributed by atoms with Crippen LogP contribution in [0.1, 0.15) is 6.92 Å². The molecule has 1 aliphatic heterocycles. The Morgan fingerprint density at radius 3 is 2.30 bits per heavy atom. The van der Waals surface area contributed by atoms with Gasteiger partial charge < -0.3 is 19.1 Å². The maximum atomic E-state index is 13.4. The van der Waals surface area contributed by atoms with Crippen molar-refractivity contribution in [3.8, 4) is 28.5 Å². The third kappa shape index (κ3) is 4.46. The molecule has 0 N–H and O–H groups in total. The molecule has 1 aliphatic rings. The average molecular weight is 473 g/mol. The molecule has 0 aliphatic carbocycles. The predicted molar refractivity (Wildman–Crippen MR) is 126 cm³/mol. The molecule has 0 amide bonds. The van der Waals surface area contributed by atoms with E-state index in [0.717, 1.165) is 0 Å². The Morgan fingerprint density at radius 2 is 1.64 bits per heavy atom. The summed E-state index contributed by atoms with van der Waals surface area (Å²) in [6.07, 6.45) is 1.45. The zero-order valence-electron chi connectivity index (χ0n) is 19.2. The second-order valence-corrected chi connectivity index (χ2v) is 9.68. The molecule has 1 fully saturated rings. The number of ether oxygens (including phenoxy) is 3. The number of aromatic nitrogens is 2. The van der Waals surface area contributed by atoms with E-state index in [1.807, 2.05) is 14.0 Å². The fraction of sp³-hybridized carbons (Fsp3) is 0.391. The van der Waals surface area contributed by atoms with Gasteiger partial charge >= 0.3 is 0 Å². The first-order valence-electron chi connectivity index (χ1n) is 10.7. The Bertz CT molecular complexity index is 1260. The number of hydrogen-bond donors (Lipinski definition) is 0. The summed E-state index contributed by atoms with van der Waals surface area (Å²) >= 11 is 0. The maximum absolute atomic E-state index is 13.4. The van der Waals surface area contributed by atoms with E-state index in [9.17, 15) is 8.42 Å². The summed E-state index contributed by atoms with van der Waals surface area (Å²) in [4.78, 5) is 11.2. The lowest BCUT2D eigenvalue weighted by molar-refractivity contribution is 0.222. The van der Waals surface area contributed by atoms with Crippen LogP contribution in [0.3, 0.4) is 0 Å². The third-order valence-electron chi connectivity index (χ3n) is 5.75. The minimum absolute atomic E-state index is 0.206. The minimum Gasteiger partial charge on any atom is -0.493 e. The van der Waals surface area contributed by atoms with Gasteiger partial charge in [0.05, 0.1) is 36.9 Å². The second-order valence-electron chi connectivity index (χ2n) is 7.74. The van der Waals surface area contributed by atoms with Crippen molar-refractivity contribution in [1.29, 1.82) is 0 Å². The van der Waals surface area contributed by atoms with Crippen LogP contribution in [0.2, 0.25) is 0 Å². The predicted octanol–water partition coefficient (Wildman–Crippen LogP) is 2.65. The number of sulfonamides is 1. The number of nitrogens with zero attached hydrogens (tertiary/aromatic N) is 4. The first-order valence-corrected chi connectivity index (χ1v) is 12.2. The van der Waals surface area contributed by atoms with Crippen molar-refractivity contribution in [2.45, 2.75) is 11.8 Å². The SMILES string of the molecule is CCOc1ccc(S(=O)(=O)N2CCN(C)CC2)cc1-c1ncnc2cc(OC)c(OC)cc12. The normalized spacial score (nSPS) is 15.5. The summed E-state index contributed by atoms with van der Waals surface area (Å²) in [5.74, 6) is 1.62. The third-order valence-corrected chi connectivity index (χ3v) is 7.64. The number of rotatable bonds is 7. The van der Waals surface area contributed by atoms with Gasteiger partial charge in [0.1, 0.15) is 12.1 Å². The van der Waals surface area contributed by atoms with Crippen LogP contribution in [0.15, 0.2) is 41.6 Å². The number of piperazine rings is 1. The quantitative estimate of drug-likeness (QED) is 0.518. The Labute approximate surface area is 194 Å². The molecule has 176 valence electrons. The second kappa shape index (κ2) is 9.50. The van der Waals surface area contributed by atoms with Crippen molar-refractivity contribution in [1.82, 2.24) is 19.2 Å². The van der Waals surface area contributed by atoms with Crippen LogP contribution in [-0.4, -0.2) is 81.6 Å². The van der Waals surface area contributed by atoms with Crippen molar-refractivity contribution in [3.63, 3.8) is 0 Å². The van der Waals surface area contributed by atoms with Crippen LogP contribution in [0, 0.1) is 0 Å². The van der Waals surface area contributed by atoms with Crippen LogP contribution in [-0.2, 0) is 10.0 Å². The first-order chi connectivity index (χ1) is 15.9. The van der Waals surface area contributed by atoms with E-state index in [2.05, 4.69) is 14.9 Å². The lowest BCUT2D eigenvalue weighted by atomic mass is 10.0. The smallest absolute Gasteiger partial charge is 0.243 e. The summed E-state index contributed by atoms with van der Waals surface area (Å²) in [7, 11) is 1.45. The fourth-order valence-corrected chi connectivity index (χ4v) is 5.36. The molecule has 2 aromatic carbocycles. The molecule has 4 rings (SSSR count). The van der Waals surface area contributed by atoms with E-state index in [4.69, 9.17) is 14.2 Å². The van der Waals surface area contributed by atoms with E-state index in [1.165, 1.54) is 10.6 Å². The molecule has 3 aromatic rings. The van der Waals surface area contributed by atoms with Crippen LogP contribution in [0.5, 0.6) is 17.2 Å². The van der Waals surface area contributed by atoms with Gasteiger partial charge in [0, 0.05) is 43.2 Å². The highest BCUT2D eigenvalue weighted by molar-refractivity contribution is 7.89. The molecule has 0 unspecified atom stereocenters. The summed E-state index contributed by atoms with van der Waals surface area (Å²) in [5, 5.41) is 0.699. The zero-order valence-corrected chi connectivity index (χ0v) is 20.1. The molecule has 9 nitrogen and oxygen atoms in total. The molecule has 33 heavy (non-hydrogen) atoms. The van der Waals surface area contributed by atoms with Gasteiger partial charge in [0.15, 0.2) is 11.5 Å². The number of likely N-dealkylation sites (N-methyl/N-ethyl adjacent to an activating group) is 1. The van der Waals surface area contributed by atoms with Gasteiger partial charge in [-0.2, -0.15) is 4.31 Å². The number of hydrogen-bond acceptors (Lipinski definition) is 8. The van der Waals surface area contributed by atoms with Gasteiger partial charge in [-0.3, -0.25) is 0 Å². The van der Waals surface area contributed by atoms with Gasteiger partial charge in [0.25, 0.3) is 0 Å². The summed E-state index contributed by atoms with van der Waals surface area (Å²) < 4.78 is 45.0. The van der Waals surface area contributed by atoms with E-state index in [1.54, 1.807) is 44.6 Å². The molecule has 1 saturated heterocycles. The molecule has 1 aromatic heterocycles. The standard InChI is InChI=1S/C23H28N4O5S/c1-5-32-20-7-6-16(33(28,29)27-10-8-26(2)9-11-27)12-18(20)23-17-13-21(30-3)22(31-4)14-19(17)24-15-25-23/h6-7,12-15H,5,8-11H2,1-4H3. The molecule has 0 radical (unpaired) electrons. The summed E-state index contributed by atoms with van der Waals surface area (Å²) in [5.41, 5.74) is 1.78. The largest absolute Gasteiger partial charge is 0.493 e. The van der Waals surface area contributed by atoms with Gasteiger partial charge in [-0.25, -0.2) is 18.4 Å². The number of methoxy groups -OCH3 is 2. The molecule has 0 bridgehead atoms. The topological polar surface area (TPSA) is 94.1 Å². The molecule has 0 spiro atoms. The monoisotopic (exact) mass is 472 g/mol. The summed E-state index contributed by atoms with van der Waals surface area (Å²) in [6.45, 7) is 4.61. The van der Waals surface area contributed by atoms with Gasteiger partial charge in [0.2, 0.25) is 10.0 Å². The van der Waals surface area contributed by atoms with Crippen molar-refractivity contribution >= 4 is 20.9 Å². The van der Waals surface area contributed by atoms with Crippen LogP contribution >= 0.6 is 0 Å². The Hall–Kier alpha value is -2.95. The first kappa shape index (κ1) is 23.2. The molecular weight excluding hydrogens is 444 g/mol. The average Bonchev–Trinajstić information content (AvgIpc) is 2.83. The minimum atomic E-state index is -3.66. The Balaban J connectivity index is 1.87. The highest BCUT2D eigenvalue weighted by Crippen LogP contribution is 2.39. The van der Waals surface area contributed by atoms with Crippen molar-refractivity contribution in [2.24, 2.45) is 0 Å². The molecular formula is C23H28N4O5S. The molecule has 0 saturated carbocycles. The summed E-state index contributed by atoms with van der Waals surface area (Å²) in [6, 6.07) is 8.48. The highest BCUT2D eigenvalue weighted by atomic mass is 32.2. The van der Waals surface area contributed by atoms with E-state index in [0.29, 0.717) is 72.2 Å². The maximum Gasteiger partial charge on any atom is 0.243 e. The van der Waals surface area contributed by atoms with Crippen molar-refractivity contribution < 1.29 is 22.6 Å². The molecule has 2 heterocycles. The zero-order chi connectivity index (χ0) is 23.6. The van der Waals surface area contributed by atoms with Gasteiger partial charge in [-0.15, -0.1) is 0 Å². The lowest BCUT2D eigenvalue weighted by Gasteiger charge is -2.31. The van der Waals surface area contributed by atoms with Gasteiger partial charge in [-0.1, -0.05) is 0 Å². The van der Waals surface area contributed by atoms with E-state index >= 15 is 0 Å². The number of fused-ring (bicyclic) bond motifs is 1. The van der Waals surface area contributed by atoms with Crippen LogP contribution in [0.25, 0.3) is 22.2 Å². The van der Waals surface area contributed by atoms with Crippen LogP contribution < -0.4 is 14.2 Å². The number of benzene rings is 2. The molecule has 10 heteroatoms. The van der Waals surface area contributed by atoms with Crippen molar-refractivity contribution in [2.75, 3.05) is 54.1 Å². The Morgan fingerprint density at radius 1 is 0.939 bits per heavy atom. The highest BCUT2D eigenvalue weighted by Gasteiger charge is 2.29. The lowest BCUT2D eigenvalue weighted by Crippen LogP contribution is -2.47.